The molecule has 0 saturated heterocycles. The summed E-state index contributed by atoms with van der Waals surface area (Å²) in [6, 6.07) is 58.4. The van der Waals surface area contributed by atoms with E-state index in [0.717, 1.165) is 61.1 Å². The normalized spacial score (nSPS) is 15.6. The van der Waals surface area contributed by atoms with Crippen molar-refractivity contribution in [3.8, 4) is 5.69 Å². The maximum atomic E-state index is 7.49. The third-order valence-electron chi connectivity index (χ3n) is 12.1. The third kappa shape index (κ3) is 4.93. The van der Waals surface area contributed by atoms with Crippen LogP contribution in [0.5, 0.6) is 0 Å². The molecular weight excluding hydrogens is 715 g/mol. The lowest BCUT2D eigenvalue weighted by molar-refractivity contribution is 0.550. The van der Waals surface area contributed by atoms with Crippen LogP contribution in [0.2, 0.25) is 0 Å². The van der Waals surface area contributed by atoms with Gasteiger partial charge in [0.05, 0.1) is 33.5 Å². The summed E-state index contributed by atoms with van der Waals surface area (Å²) in [5.74, 6) is -0.196. The molecule has 0 fully saturated rings. The van der Waals surface area contributed by atoms with Gasteiger partial charge in [-0.15, -0.1) is 11.3 Å². The van der Waals surface area contributed by atoms with Crippen LogP contribution in [0.25, 0.3) is 86.1 Å². The number of para-hydroxylation sites is 1. The van der Waals surface area contributed by atoms with Gasteiger partial charge < -0.3 is 14.7 Å². The monoisotopic (exact) mass is 749 g/mol. The molecule has 57 heavy (non-hydrogen) atoms. The lowest BCUT2D eigenvalue weighted by Gasteiger charge is -2.28. The van der Waals surface area contributed by atoms with Crippen molar-refractivity contribution in [2.24, 2.45) is 16.6 Å². The Morgan fingerprint density at radius 2 is 1.39 bits per heavy atom. The molecule has 1 aliphatic heterocycles. The maximum Gasteiger partial charge on any atom is 0.137 e. The SMILES string of the molecule is C=C(/N=C1/c2ccc3oc4ccccc4c3c2-n2c3cc(ccc3c3cc4ccccc4cc32)CC1C(N)c1ccccc1)c1ccc2sc3ccccc3c2c1. The first kappa shape index (κ1) is 32.5. The van der Waals surface area contributed by atoms with Crippen molar-refractivity contribution in [2.75, 3.05) is 0 Å². The van der Waals surface area contributed by atoms with Crippen molar-refractivity contribution in [3.05, 3.63) is 193 Å². The van der Waals surface area contributed by atoms with Gasteiger partial charge in [0.25, 0.3) is 0 Å². The molecule has 0 aliphatic carbocycles. The molecule has 0 radical (unpaired) electrons. The summed E-state index contributed by atoms with van der Waals surface area (Å²) in [5, 5.41) is 9.42. The third-order valence-corrected chi connectivity index (χ3v) is 13.3. The number of benzene rings is 8. The van der Waals surface area contributed by atoms with Crippen LogP contribution in [-0.4, -0.2) is 10.3 Å². The highest BCUT2D eigenvalue weighted by Gasteiger charge is 2.33. The van der Waals surface area contributed by atoms with Gasteiger partial charge in [0.2, 0.25) is 0 Å². The van der Waals surface area contributed by atoms with Gasteiger partial charge in [0.1, 0.15) is 11.2 Å². The Balaban J connectivity index is 1.20. The summed E-state index contributed by atoms with van der Waals surface area (Å²) in [6.07, 6.45) is 0.694. The van der Waals surface area contributed by atoms with Crippen LogP contribution in [-0.2, 0) is 6.42 Å². The van der Waals surface area contributed by atoms with E-state index in [1.54, 1.807) is 0 Å². The van der Waals surface area contributed by atoms with Crippen molar-refractivity contribution < 1.29 is 4.42 Å². The molecule has 4 nitrogen and oxygen atoms in total. The first-order valence-electron chi connectivity index (χ1n) is 19.5. The minimum Gasteiger partial charge on any atom is -0.456 e. The van der Waals surface area contributed by atoms with Gasteiger partial charge in [-0.1, -0.05) is 116 Å². The van der Waals surface area contributed by atoms with Gasteiger partial charge in [-0.3, -0.25) is 4.99 Å². The molecule has 2 bridgehead atoms. The lowest BCUT2D eigenvalue weighted by atomic mass is 9.81. The fourth-order valence-electron chi connectivity index (χ4n) is 9.37. The number of furan rings is 1. The number of aliphatic imine (C=N–C) groups is 1. The van der Waals surface area contributed by atoms with Crippen LogP contribution in [0.15, 0.2) is 180 Å². The number of aromatic nitrogens is 1. The first-order chi connectivity index (χ1) is 28.1. The standard InChI is InChI=1S/C52H35N3OS/c1-30(33-20-24-48-41(27-33)37-15-8-10-18-47(37)57-48)54-51-39-22-23-46-49(38-16-7-9-17-45(38)56-46)52(39)55-43-26-31(25-42(51)50(53)32-11-3-2-4-12-32)19-21-36(43)40-28-34-13-5-6-14-35(34)29-44(40)55/h2-24,26-29,42,50H,1,25,53H2/b54-51-. The van der Waals surface area contributed by atoms with Crippen molar-refractivity contribution in [1.82, 2.24) is 4.57 Å². The molecule has 5 heteroatoms. The van der Waals surface area contributed by atoms with E-state index in [-0.39, 0.29) is 12.0 Å². The summed E-state index contributed by atoms with van der Waals surface area (Å²) >= 11 is 1.82. The number of nitrogens with two attached hydrogens (primary N) is 1. The van der Waals surface area contributed by atoms with Crippen molar-refractivity contribution in [3.63, 3.8) is 0 Å². The molecule has 12 rings (SSSR count). The van der Waals surface area contributed by atoms with Gasteiger partial charge in [-0.2, -0.15) is 0 Å². The van der Waals surface area contributed by atoms with Gasteiger partial charge >= 0.3 is 0 Å². The maximum absolute atomic E-state index is 7.49. The quantitative estimate of drug-likeness (QED) is 0.195. The van der Waals surface area contributed by atoms with Crippen LogP contribution < -0.4 is 5.73 Å². The molecule has 0 spiro atoms. The zero-order chi connectivity index (χ0) is 37.8. The Morgan fingerprint density at radius 1 is 0.649 bits per heavy atom. The Morgan fingerprint density at radius 3 is 2.26 bits per heavy atom. The second-order valence-corrected chi connectivity index (χ2v) is 16.4. The summed E-state index contributed by atoms with van der Waals surface area (Å²) < 4.78 is 11.6. The molecule has 0 amide bonds. The zero-order valence-corrected chi connectivity index (χ0v) is 31.8. The molecule has 4 heterocycles. The summed E-state index contributed by atoms with van der Waals surface area (Å²) in [5.41, 5.74) is 18.4. The predicted octanol–water partition coefficient (Wildman–Crippen LogP) is 13.5. The fraction of sp³-hybridized carbons (Fsp3) is 0.0577. The molecule has 2 unspecified atom stereocenters. The largest absolute Gasteiger partial charge is 0.456 e. The van der Waals surface area contributed by atoms with Gasteiger partial charge in [-0.25, -0.2) is 0 Å². The number of hydrogen-bond donors (Lipinski definition) is 1. The topological polar surface area (TPSA) is 56.5 Å². The second-order valence-electron chi connectivity index (χ2n) is 15.3. The Kier molecular flexibility index (Phi) is 7.04. The second kappa shape index (κ2) is 12.4. The molecule has 0 saturated carbocycles. The van der Waals surface area contributed by atoms with Crippen LogP contribution in [0.4, 0.5) is 0 Å². The molecule has 270 valence electrons. The molecule has 2 N–H and O–H groups in total. The number of hydrogen-bond acceptors (Lipinski definition) is 4. The van der Waals surface area contributed by atoms with Crippen molar-refractivity contribution >= 4 is 97.4 Å². The van der Waals surface area contributed by atoms with Crippen molar-refractivity contribution in [1.29, 1.82) is 0 Å². The number of rotatable bonds is 4. The smallest absolute Gasteiger partial charge is 0.137 e. The van der Waals surface area contributed by atoms with E-state index in [1.165, 1.54) is 47.3 Å². The average molecular weight is 750 g/mol. The van der Waals surface area contributed by atoms with E-state index in [4.69, 9.17) is 21.7 Å². The van der Waals surface area contributed by atoms with E-state index >= 15 is 0 Å². The average Bonchev–Trinajstić information content (AvgIpc) is 3.93. The molecule has 3 aromatic heterocycles. The van der Waals surface area contributed by atoms with Gasteiger partial charge in [0, 0.05) is 59.4 Å². The van der Waals surface area contributed by atoms with Crippen LogP contribution >= 0.6 is 11.3 Å². The highest BCUT2D eigenvalue weighted by molar-refractivity contribution is 7.25. The van der Waals surface area contributed by atoms with Crippen LogP contribution in [0.1, 0.15) is 28.3 Å². The van der Waals surface area contributed by atoms with E-state index in [1.807, 2.05) is 23.5 Å². The predicted molar refractivity (Wildman–Crippen MR) is 241 cm³/mol. The zero-order valence-electron chi connectivity index (χ0n) is 30.9. The van der Waals surface area contributed by atoms with Gasteiger partial charge in [0.15, 0.2) is 0 Å². The molecule has 2 atom stereocenters. The van der Waals surface area contributed by atoms with Crippen LogP contribution in [0, 0.1) is 5.92 Å². The molecule has 11 aromatic rings. The number of thiophene rings is 1. The highest BCUT2D eigenvalue weighted by Crippen LogP contribution is 2.45. The van der Waals surface area contributed by atoms with E-state index in [9.17, 15) is 0 Å². The summed E-state index contributed by atoms with van der Waals surface area (Å²) in [6.45, 7) is 4.70. The highest BCUT2D eigenvalue weighted by atomic mass is 32.1. The van der Waals surface area contributed by atoms with Crippen molar-refractivity contribution in [2.45, 2.75) is 12.5 Å². The number of nitrogens with zero attached hydrogens (tertiary/aromatic N) is 2. The van der Waals surface area contributed by atoms with E-state index < -0.39 is 0 Å². The molecular formula is C52H35N3OS. The summed E-state index contributed by atoms with van der Waals surface area (Å²) in [4.78, 5) is 5.68. The molecule has 8 aromatic carbocycles. The lowest BCUT2D eigenvalue weighted by Crippen LogP contribution is -2.31. The molecule has 1 aliphatic rings. The Bertz CT molecular complexity index is 3490. The Hall–Kier alpha value is -6.79. The minimum atomic E-state index is -0.348. The minimum absolute atomic E-state index is 0.196. The fourth-order valence-corrected chi connectivity index (χ4v) is 10.5. The van der Waals surface area contributed by atoms with Crippen LogP contribution in [0.3, 0.4) is 0 Å². The first-order valence-corrected chi connectivity index (χ1v) is 20.3. The van der Waals surface area contributed by atoms with E-state index in [2.05, 4.69) is 156 Å². The summed E-state index contributed by atoms with van der Waals surface area (Å²) in [7, 11) is 0. The van der Waals surface area contributed by atoms with E-state index in [0.29, 0.717) is 12.1 Å². The van der Waals surface area contributed by atoms with Gasteiger partial charge in [-0.05, 0) is 82.9 Å². The Labute approximate surface area is 332 Å². The number of fused-ring (bicyclic) bond motifs is 14.